The second kappa shape index (κ2) is 9.72. The fourth-order valence-electron chi connectivity index (χ4n) is 3.60. The number of methoxy groups -OCH3 is 1. The molecule has 158 valence electrons. The molecule has 1 amide bonds. The Labute approximate surface area is 187 Å². The summed E-state index contributed by atoms with van der Waals surface area (Å²) in [4.78, 5) is 17.8. The number of thioether (sulfide) groups is 1. The van der Waals surface area contributed by atoms with E-state index in [0.717, 1.165) is 36.1 Å². The van der Waals surface area contributed by atoms with E-state index >= 15 is 0 Å². The predicted octanol–water partition coefficient (Wildman–Crippen LogP) is 5.56. The van der Waals surface area contributed by atoms with E-state index in [0.29, 0.717) is 39.4 Å². The minimum atomic E-state index is -0.383. The molecule has 0 saturated carbocycles. The molecule has 1 aromatic heterocycles. The fourth-order valence-corrected chi connectivity index (χ4v) is 4.75. The molecule has 30 heavy (non-hydrogen) atoms. The van der Waals surface area contributed by atoms with Crippen molar-refractivity contribution in [2.24, 2.45) is 5.92 Å². The highest BCUT2D eigenvalue weighted by Gasteiger charge is 2.24. The Hall–Kier alpha value is -2.23. The maximum atomic E-state index is 13.0. The van der Waals surface area contributed by atoms with Crippen molar-refractivity contribution in [1.82, 2.24) is 4.98 Å². The van der Waals surface area contributed by atoms with Crippen LogP contribution in [0.3, 0.4) is 0 Å². The third kappa shape index (κ3) is 4.91. The van der Waals surface area contributed by atoms with E-state index in [2.05, 4.69) is 18.3 Å². The largest absolute Gasteiger partial charge is 0.495 e. The third-order valence-corrected chi connectivity index (χ3v) is 7.15. The number of aromatic nitrogens is 1. The third-order valence-electron chi connectivity index (χ3n) is 5.37. The molecular weight excluding hydrogens is 418 g/mol. The Morgan fingerprint density at radius 1 is 1.47 bits per heavy atom. The average Bonchev–Trinajstić information content (AvgIpc) is 2.73. The maximum Gasteiger partial charge on any atom is 0.238 e. The van der Waals surface area contributed by atoms with Crippen LogP contribution in [0.25, 0.3) is 0 Å². The van der Waals surface area contributed by atoms with Crippen molar-refractivity contribution in [3.05, 3.63) is 45.6 Å². The van der Waals surface area contributed by atoms with E-state index < -0.39 is 0 Å². The van der Waals surface area contributed by atoms with E-state index in [1.165, 1.54) is 11.8 Å². The number of nitrogens with one attached hydrogen (secondary N) is 1. The van der Waals surface area contributed by atoms with E-state index in [-0.39, 0.29) is 11.2 Å². The van der Waals surface area contributed by atoms with Crippen LogP contribution in [0, 0.1) is 24.2 Å². The number of benzene rings is 1. The molecule has 1 heterocycles. The number of rotatable bonds is 6. The van der Waals surface area contributed by atoms with Crippen LogP contribution >= 0.6 is 23.4 Å². The lowest BCUT2D eigenvalue weighted by molar-refractivity contribution is -0.115. The monoisotopic (exact) mass is 443 g/mol. The number of fused-ring (bicyclic) bond motifs is 1. The van der Waals surface area contributed by atoms with Gasteiger partial charge in [-0.05, 0) is 61.8 Å². The highest BCUT2D eigenvalue weighted by atomic mass is 35.5. The Morgan fingerprint density at radius 2 is 2.23 bits per heavy atom. The fraction of sp³-hybridized carbons (Fsp3) is 0.435. The first kappa shape index (κ1) is 22.5. The summed E-state index contributed by atoms with van der Waals surface area (Å²) in [5.41, 5.74) is 4.19. The highest BCUT2D eigenvalue weighted by molar-refractivity contribution is 8.00. The predicted molar refractivity (Wildman–Crippen MR) is 121 cm³/mol. The summed E-state index contributed by atoms with van der Waals surface area (Å²) in [7, 11) is 1.54. The van der Waals surface area contributed by atoms with Crippen molar-refractivity contribution < 1.29 is 9.53 Å². The van der Waals surface area contributed by atoms with Crippen molar-refractivity contribution in [3.63, 3.8) is 0 Å². The molecule has 5 nitrogen and oxygen atoms in total. The van der Waals surface area contributed by atoms with Crippen molar-refractivity contribution in [2.45, 2.75) is 56.7 Å². The average molecular weight is 444 g/mol. The minimum absolute atomic E-state index is 0.153. The van der Waals surface area contributed by atoms with Gasteiger partial charge in [0.2, 0.25) is 5.91 Å². The molecule has 7 heteroatoms. The number of hydrogen-bond acceptors (Lipinski definition) is 5. The Morgan fingerprint density at radius 3 is 2.90 bits per heavy atom. The van der Waals surface area contributed by atoms with Gasteiger partial charge in [0.1, 0.15) is 16.8 Å². The number of carbonyl (C=O) groups excluding carboxylic acids is 1. The summed E-state index contributed by atoms with van der Waals surface area (Å²) in [5.74, 6) is 0.966. The van der Waals surface area contributed by atoms with E-state index in [1.54, 1.807) is 19.2 Å². The van der Waals surface area contributed by atoms with Crippen LogP contribution in [0.4, 0.5) is 5.69 Å². The molecule has 1 aliphatic carbocycles. The number of ether oxygens (including phenoxy) is 1. The molecular formula is C23H26ClN3O2S. The van der Waals surface area contributed by atoms with Gasteiger partial charge < -0.3 is 10.1 Å². The number of carbonyl (C=O) groups is 1. The van der Waals surface area contributed by atoms with E-state index in [4.69, 9.17) is 21.3 Å². The normalized spacial score (nSPS) is 16.3. The molecule has 3 rings (SSSR count). The van der Waals surface area contributed by atoms with E-state index in [1.807, 2.05) is 19.9 Å². The summed E-state index contributed by atoms with van der Waals surface area (Å²) >= 11 is 7.51. The van der Waals surface area contributed by atoms with Crippen LogP contribution in [0.15, 0.2) is 23.2 Å². The number of pyridine rings is 1. The number of halogens is 1. The Kier molecular flexibility index (Phi) is 7.27. The lowest BCUT2D eigenvalue weighted by atomic mass is 9.87. The number of nitrogens with zero attached hydrogens (tertiary/aromatic N) is 2. The summed E-state index contributed by atoms with van der Waals surface area (Å²) in [6, 6.07) is 7.71. The van der Waals surface area contributed by atoms with Crippen LogP contribution in [-0.2, 0) is 17.6 Å². The molecule has 2 atom stereocenters. The summed E-state index contributed by atoms with van der Waals surface area (Å²) in [6.07, 6.45) is 3.57. The van der Waals surface area contributed by atoms with Crippen molar-refractivity contribution >= 4 is 35.0 Å². The van der Waals surface area contributed by atoms with Crippen molar-refractivity contribution in [3.8, 4) is 11.8 Å². The van der Waals surface area contributed by atoms with Gasteiger partial charge in [-0.2, -0.15) is 5.26 Å². The quantitative estimate of drug-likeness (QED) is 0.591. The Balaban J connectivity index is 1.83. The standard InChI is InChI=1S/C23H26ClN3O2S/c1-5-21(22(28)26-19-9-14(3)17(24)11-20(19)29-4)30-23-16(12-25)10-15-8-13(2)6-7-18(15)27-23/h9-11,13,21H,5-8H2,1-4H3,(H,26,28). The zero-order valence-electron chi connectivity index (χ0n) is 17.7. The Bertz CT molecular complexity index is 1000. The van der Waals surface area contributed by atoms with E-state index in [9.17, 15) is 10.1 Å². The molecule has 0 radical (unpaired) electrons. The highest BCUT2D eigenvalue weighted by Crippen LogP contribution is 2.34. The summed E-state index contributed by atoms with van der Waals surface area (Å²) in [5, 5.41) is 13.4. The molecule has 0 bridgehead atoms. The van der Waals surface area contributed by atoms with Gasteiger partial charge in [-0.3, -0.25) is 4.79 Å². The molecule has 0 aliphatic heterocycles. The van der Waals surface area contributed by atoms with Crippen LogP contribution in [0.5, 0.6) is 5.75 Å². The first-order valence-corrected chi connectivity index (χ1v) is 11.4. The van der Waals surface area contributed by atoms with Crippen LogP contribution in [0.2, 0.25) is 5.02 Å². The number of aryl methyl sites for hydroxylation is 2. The summed E-state index contributed by atoms with van der Waals surface area (Å²) < 4.78 is 5.36. The second-order valence-electron chi connectivity index (χ2n) is 7.71. The van der Waals surface area contributed by atoms with Crippen LogP contribution < -0.4 is 10.1 Å². The topological polar surface area (TPSA) is 75.0 Å². The molecule has 0 spiro atoms. The van der Waals surface area contributed by atoms with Crippen LogP contribution in [-0.4, -0.2) is 23.3 Å². The number of anilines is 1. The summed E-state index contributed by atoms with van der Waals surface area (Å²) in [6.45, 7) is 6.05. The zero-order valence-corrected chi connectivity index (χ0v) is 19.3. The number of hydrogen-bond donors (Lipinski definition) is 1. The van der Waals surface area contributed by atoms with Gasteiger partial charge in [-0.15, -0.1) is 0 Å². The zero-order chi connectivity index (χ0) is 21.8. The van der Waals surface area contributed by atoms with Crippen LogP contribution in [0.1, 0.15) is 49.1 Å². The van der Waals surface area contributed by atoms with Crippen molar-refractivity contribution in [1.29, 1.82) is 5.26 Å². The van der Waals surface area contributed by atoms with Gasteiger partial charge in [0, 0.05) is 16.8 Å². The lowest BCUT2D eigenvalue weighted by Crippen LogP contribution is -2.25. The molecule has 1 aliphatic rings. The van der Waals surface area contributed by atoms with Gasteiger partial charge >= 0.3 is 0 Å². The molecule has 1 aromatic carbocycles. The number of nitriles is 1. The second-order valence-corrected chi connectivity index (χ2v) is 9.31. The minimum Gasteiger partial charge on any atom is -0.495 e. The first-order valence-electron chi connectivity index (χ1n) is 10.1. The molecule has 0 fully saturated rings. The maximum absolute atomic E-state index is 13.0. The smallest absolute Gasteiger partial charge is 0.238 e. The molecule has 2 unspecified atom stereocenters. The molecule has 2 aromatic rings. The first-order chi connectivity index (χ1) is 14.4. The molecule has 1 N–H and O–H groups in total. The van der Waals surface area contributed by atoms with Gasteiger partial charge in [0.05, 0.1) is 23.6 Å². The van der Waals surface area contributed by atoms with Gasteiger partial charge in [-0.25, -0.2) is 4.98 Å². The number of amides is 1. The molecule has 0 saturated heterocycles. The van der Waals surface area contributed by atoms with Gasteiger partial charge in [0.25, 0.3) is 0 Å². The van der Waals surface area contributed by atoms with Crippen molar-refractivity contribution in [2.75, 3.05) is 12.4 Å². The van der Waals surface area contributed by atoms with Gasteiger partial charge in [0.15, 0.2) is 0 Å². The SMILES string of the molecule is CCC(Sc1nc2c(cc1C#N)CC(C)CC2)C(=O)Nc1cc(C)c(Cl)cc1OC. The lowest BCUT2D eigenvalue weighted by Gasteiger charge is -2.22. The van der Waals surface area contributed by atoms with Gasteiger partial charge in [-0.1, -0.05) is 37.2 Å².